The second-order valence-electron chi connectivity index (χ2n) is 7.73. The van der Waals surface area contributed by atoms with Crippen molar-refractivity contribution in [3.05, 3.63) is 53.8 Å². The van der Waals surface area contributed by atoms with Crippen molar-refractivity contribution in [2.45, 2.75) is 24.2 Å². The number of carbonyl (C=O) groups is 2. The number of nitrogens with one attached hydrogen (secondary N) is 1. The minimum absolute atomic E-state index is 0.0264. The van der Waals surface area contributed by atoms with Crippen LogP contribution in [0.1, 0.15) is 29.6 Å². The summed E-state index contributed by atoms with van der Waals surface area (Å²) in [4.78, 5) is 27.7. The van der Waals surface area contributed by atoms with Gasteiger partial charge in [0.1, 0.15) is 16.5 Å². The lowest BCUT2D eigenvalue weighted by atomic mass is 9.88. The van der Waals surface area contributed by atoms with Crippen LogP contribution in [0.5, 0.6) is 0 Å². The van der Waals surface area contributed by atoms with Gasteiger partial charge in [-0.15, -0.1) is 4.40 Å². The number of benzene rings is 2. The molecule has 30 heavy (non-hydrogen) atoms. The average Bonchev–Trinajstić information content (AvgIpc) is 3.52. The molecular formula is C21H18FN3O4S. The molecule has 1 atom stereocenters. The molecule has 1 N–H and O–H groups in total. The van der Waals surface area contributed by atoms with E-state index in [0.717, 1.165) is 12.8 Å². The summed E-state index contributed by atoms with van der Waals surface area (Å²) in [5.41, 5.74) is 0.262. The van der Waals surface area contributed by atoms with E-state index in [1.165, 1.54) is 35.2 Å². The lowest BCUT2D eigenvalue weighted by Crippen LogP contribution is -2.51. The van der Waals surface area contributed by atoms with Crippen molar-refractivity contribution in [3.63, 3.8) is 0 Å². The van der Waals surface area contributed by atoms with E-state index in [2.05, 4.69) is 9.71 Å². The van der Waals surface area contributed by atoms with Gasteiger partial charge in [-0.25, -0.2) is 4.39 Å². The van der Waals surface area contributed by atoms with Gasteiger partial charge in [-0.1, -0.05) is 31.0 Å². The SMILES string of the molecule is O=C1c2cccc(F)c2N(CCC2CC2)C(=O)C1C1=NS(=O)(=O)c2ccccc2N1. The Labute approximate surface area is 172 Å². The molecule has 2 heterocycles. The van der Waals surface area contributed by atoms with Crippen molar-refractivity contribution >= 4 is 38.9 Å². The summed E-state index contributed by atoms with van der Waals surface area (Å²) in [5, 5.41) is 2.84. The van der Waals surface area contributed by atoms with Gasteiger partial charge in [-0.2, -0.15) is 8.42 Å². The van der Waals surface area contributed by atoms with E-state index in [1.54, 1.807) is 12.1 Å². The summed E-state index contributed by atoms with van der Waals surface area (Å²) >= 11 is 0. The summed E-state index contributed by atoms with van der Waals surface area (Å²) in [6.45, 7) is 0.262. The molecular weight excluding hydrogens is 409 g/mol. The molecule has 2 aromatic rings. The Morgan fingerprint density at radius 1 is 1.10 bits per heavy atom. The fourth-order valence-corrected chi connectivity index (χ4v) is 5.12. The van der Waals surface area contributed by atoms with E-state index in [-0.39, 0.29) is 34.2 Å². The number of ketones is 1. The highest BCUT2D eigenvalue weighted by atomic mass is 32.2. The number of halogens is 1. The van der Waals surface area contributed by atoms with Gasteiger partial charge in [-0.05, 0) is 36.6 Å². The number of hydrogen-bond donors (Lipinski definition) is 1. The van der Waals surface area contributed by atoms with Crippen LogP contribution in [0.3, 0.4) is 0 Å². The van der Waals surface area contributed by atoms with Gasteiger partial charge >= 0.3 is 0 Å². The lowest BCUT2D eigenvalue weighted by molar-refractivity contribution is -0.119. The molecule has 3 aliphatic rings. The third kappa shape index (κ3) is 3.00. The van der Waals surface area contributed by atoms with Gasteiger partial charge in [0.2, 0.25) is 5.91 Å². The Morgan fingerprint density at radius 3 is 2.63 bits per heavy atom. The highest BCUT2D eigenvalue weighted by molar-refractivity contribution is 7.90. The third-order valence-electron chi connectivity index (χ3n) is 5.67. The quantitative estimate of drug-likeness (QED) is 0.757. The largest absolute Gasteiger partial charge is 0.341 e. The average molecular weight is 427 g/mol. The molecule has 1 unspecified atom stereocenters. The zero-order chi connectivity index (χ0) is 21.0. The first-order valence-corrected chi connectivity index (χ1v) is 11.2. The van der Waals surface area contributed by atoms with Crippen LogP contribution in [0, 0.1) is 17.7 Å². The van der Waals surface area contributed by atoms with Gasteiger partial charge in [0.15, 0.2) is 11.7 Å². The van der Waals surface area contributed by atoms with Crippen LogP contribution in [0.15, 0.2) is 51.8 Å². The van der Waals surface area contributed by atoms with Crippen LogP contribution >= 0.6 is 0 Å². The van der Waals surface area contributed by atoms with Crippen molar-refractivity contribution in [1.29, 1.82) is 0 Å². The molecule has 2 aromatic carbocycles. The first kappa shape index (κ1) is 18.9. The molecule has 0 spiro atoms. The molecule has 1 amide bonds. The van der Waals surface area contributed by atoms with Crippen molar-refractivity contribution in [2.75, 3.05) is 16.8 Å². The van der Waals surface area contributed by atoms with Crippen molar-refractivity contribution in [2.24, 2.45) is 16.2 Å². The number of sulfonamides is 1. The number of anilines is 2. The molecule has 154 valence electrons. The van der Waals surface area contributed by atoms with Crippen molar-refractivity contribution in [1.82, 2.24) is 0 Å². The fraction of sp³-hybridized carbons (Fsp3) is 0.286. The van der Waals surface area contributed by atoms with Crippen LogP contribution in [0.25, 0.3) is 0 Å². The van der Waals surface area contributed by atoms with Gasteiger partial charge in [0.05, 0.1) is 11.4 Å². The van der Waals surface area contributed by atoms with E-state index < -0.39 is 33.4 Å². The summed E-state index contributed by atoms with van der Waals surface area (Å²) in [6.07, 6.45) is 2.83. The summed E-state index contributed by atoms with van der Waals surface area (Å²) < 4.78 is 43.6. The number of rotatable bonds is 4. The second-order valence-corrected chi connectivity index (χ2v) is 9.30. The minimum Gasteiger partial charge on any atom is -0.341 e. The smallest absolute Gasteiger partial charge is 0.286 e. The topological polar surface area (TPSA) is 95.9 Å². The Morgan fingerprint density at radius 2 is 1.87 bits per heavy atom. The van der Waals surface area contributed by atoms with E-state index >= 15 is 0 Å². The van der Waals surface area contributed by atoms with E-state index in [0.29, 0.717) is 12.3 Å². The van der Waals surface area contributed by atoms with E-state index in [4.69, 9.17) is 0 Å². The minimum atomic E-state index is -4.08. The van der Waals surface area contributed by atoms with Gasteiger partial charge in [-0.3, -0.25) is 9.59 Å². The molecule has 0 saturated heterocycles. The number of fused-ring (bicyclic) bond motifs is 2. The maximum absolute atomic E-state index is 14.6. The predicted molar refractivity (Wildman–Crippen MR) is 109 cm³/mol. The first-order chi connectivity index (χ1) is 14.4. The zero-order valence-corrected chi connectivity index (χ0v) is 16.7. The molecule has 0 radical (unpaired) electrons. The number of amides is 1. The predicted octanol–water partition coefficient (Wildman–Crippen LogP) is 2.98. The first-order valence-electron chi connectivity index (χ1n) is 9.72. The lowest BCUT2D eigenvalue weighted by Gasteiger charge is -2.34. The molecule has 1 fully saturated rings. The summed E-state index contributed by atoms with van der Waals surface area (Å²) in [6, 6.07) is 10.2. The van der Waals surface area contributed by atoms with Gasteiger partial charge in [0.25, 0.3) is 10.0 Å². The number of amidine groups is 1. The molecule has 7 nitrogen and oxygen atoms in total. The molecule has 2 aliphatic heterocycles. The molecule has 5 rings (SSSR count). The summed E-state index contributed by atoms with van der Waals surface area (Å²) in [5.74, 6) is -3.23. The Balaban J connectivity index is 1.60. The van der Waals surface area contributed by atoms with Crippen LogP contribution in [-0.4, -0.2) is 32.5 Å². The van der Waals surface area contributed by atoms with Crippen LogP contribution in [0.4, 0.5) is 15.8 Å². The molecule has 1 aliphatic carbocycles. The Hall–Kier alpha value is -3.07. The molecule has 1 saturated carbocycles. The molecule has 0 bridgehead atoms. The van der Waals surface area contributed by atoms with Crippen LogP contribution in [-0.2, 0) is 14.8 Å². The van der Waals surface area contributed by atoms with Crippen LogP contribution in [0.2, 0.25) is 0 Å². The fourth-order valence-electron chi connectivity index (χ4n) is 3.96. The Kier molecular flexibility index (Phi) is 4.25. The normalized spacial score (nSPS) is 22.1. The highest BCUT2D eigenvalue weighted by Gasteiger charge is 2.46. The summed E-state index contributed by atoms with van der Waals surface area (Å²) in [7, 11) is -4.08. The maximum Gasteiger partial charge on any atom is 0.286 e. The third-order valence-corrected chi connectivity index (χ3v) is 7.02. The number of hydrogen-bond acceptors (Lipinski definition) is 5. The maximum atomic E-state index is 14.6. The van der Waals surface area contributed by atoms with E-state index in [1.807, 2.05) is 0 Å². The van der Waals surface area contributed by atoms with E-state index in [9.17, 15) is 22.4 Å². The van der Waals surface area contributed by atoms with Gasteiger partial charge < -0.3 is 10.2 Å². The number of Topliss-reactive ketones (excluding diaryl/α,β-unsaturated/α-hetero) is 1. The van der Waals surface area contributed by atoms with Crippen LogP contribution < -0.4 is 10.2 Å². The number of para-hydroxylation sites is 2. The standard InChI is InChI=1S/C21H18FN3O4S/c22-14-5-3-4-13-18(14)25(11-10-12-8-9-12)21(27)17(19(13)26)20-23-15-6-1-2-7-16(15)30(28,29)24-20/h1-7,12,17H,8-11H2,(H,23,24). The van der Waals surface area contributed by atoms with Crippen molar-refractivity contribution < 1.29 is 22.4 Å². The highest BCUT2D eigenvalue weighted by Crippen LogP contribution is 2.38. The van der Waals surface area contributed by atoms with Gasteiger partial charge in [0, 0.05) is 12.1 Å². The number of carbonyl (C=O) groups excluding carboxylic acids is 2. The molecule has 9 heteroatoms. The monoisotopic (exact) mass is 427 g/mol. The second kappa shape index (κ2) is 6.73. The van der Waals surface area contributed by atoms with Crippen molar-refractivity contribution in [3.8, 4) is 0 Å². The zero-order valence-electron chi connectivity index (χ0n) is 15.8. The molecule has 0 aromatic heterocycles. The number of nitrogens with zero attached hydrogens (tertiary/aromatic N) is 2. The Bertz CT molecular complexity index is 1220.